The van der Waals surface area contributed by atoms with Gasteiger partial charge in [0.15, 0.2) is 17.3 Å². The fourth-order valence-electron chi connectivity index (χ4n) is 3.88. The van der Waals surface area contributed by atoms with Gasteiger partial charge in [0.05, 0.1) is 18.8 Å². The molecule has 3 rings (SSSR count). The summed E-state index contributed by atoms with van der Waals surface area (Å²) in [5.41, 5.74) is 5.00. The van der Waals surface area contributed by atoms with Crippen LogP contribution in [0.5, 0.6) is 0 Å². The number of esters is 1. The SMILES string of the molecule is COC(=O)c1nc(C(F)(F)F)n2c1[C@H](C)N(C(=O)CC(N)Cc1cc(F)c(F)cc1F)CC2. The van der Waals surface area contributed by atoms with Crippen molar-refractivity contribution in [2.24, 2.45) is 5.73 Å². The Labute approximate surface area is 184 Å². The molecule has 0 saturated heterocycles. The van der Waals surface area contributed by atoms with Gasteiger partial charge >= 0.3 is 12.1 Å². The number of benzene rings is 1. The molecule has 2 atom stereocenters. The Balaban J connectivity index is 1.81. The Kier molecular flexibility index (Phi) is 6.73. The maximum Gasteiger partial charge on any atom is 0.449 e. The maximum atomic E-state index is 13.9. The van der Waals surface area contributed by atoms with Gasteiger partial charge < -0.3 is 19.9 Å². The molecule has 1 aromatic heterocycles. The van der Waals surface area contributed by atoms with Crippen molar-refractivity contribution in [3.05, 3.63) is 52.4 Å². The lowest BCUT2D eigenvalue weighted by Crippen LogP contribution is -2.44. The molecular formula is C20H20F6N4O3. The van der Waals surface area contributed by atoms with Crippen LogP contribution in [-0.2, 0) is 28.7 Å². The number of imidazole rings is 1. The van der Waals surface area contributed by atoms with Crippen LogP contribution >= 0.6 is 0 Å². The van der Waals surface area contributed by atoms with Crippen molar-refractivity contribution in [3.63, 3.8) is 0 Å². The molecule has 0 aliphatic carbocycles. The lowest BCUT2D eigenvalue weighted by Gasteiger charge is -2.36. The summed E-state index contributed by atoms with van der Waals surface area (Å²) < 4.78 is 85.9. The number of halogens is 6. The Morgan fingerprint density at radius 3 is 2.42 bits per heavy atom. The number of nitrogens with two attached hydrogens (primary N) is 1. The molecule has 1 aliphatic heterocycles. The van der Waals surface area contributed by atoms with Gasteiger partial charge in [-0.25, -0.2) is 22.9 Å². The molecular weight excluding hydrogens is 458 g/mol. The molecule has 7 nitrogen and oxygen atoms in total. The lowest BCUT2D eigenvalue weighted by molar-refractivity contribution is -0.148. The van der Waals surface area contributed by atoms with E-state index in [1.165, 1.54) is 11.8 Å². The Bertz CT molecular complexity index is 1080. The van der Waals surface area contributed by atoms with Crippen molar-refractivity contribution >= 4 is 11.9 Å². The van der Waals surface area contributed by atoms with Gasteiger partial charge in [0, 0.05) is 31.6 Å². The van der Waals surface area contributed by atoms with Crippen LogP contribution in [0.2, 0.25) is 0 Å². The summed E-state index contributed by atoms with van der Waals surface area (Å²) in [6.45, 7) is 1.02. The second kappa shape index (κ2) is 9.04. The predicted molar refractivity (Wildman–Crippen MR) is 101 cm³/mol. The van der Waals surface area contributed by atoms with Crippen molar-refractivity contribution < 1.29 is 40.7 Å². The van der Waals surface area contributed by atoms with Gasteiger partial charge in [0.25, 0.3) is 0 Å². The summed E-state index contributed by atoms with van der Waals surface area (Å²) >= 11 is 0. The highest BCUT2D eigenvalue weighted by Gasteiger charge is 2.44. The largest absolute Gasteiger partial charge is 0.464 e. The van der Waals surface area contributed by atoms with Crippen LogP contribution in [0.1, 0.15) is 47.0 Å². The second-order valence-electron chi connectivity index (χ2n) is 7.60. The van der Waals surface area contributed by atoms with E-state index in [0.29, 0.717) is 12.1 Å². The van der Waals surface area contributed by atoms with Gasteiger partial charge in [-0.15, -0.1) is 0 Å². The van der Waals surface area contributed by atoms with Crippen molar-refractivity contribution in [2.45, 2.75) is 44.6 Å². The summed E-state index contributed by atoms with van der Waals surface area (Å²) in [5, 5.41) is 0. The minimum atomic E-state index is -4.83. The number of fused-ring (bicyclic) bond motifs is 1. The number of carbonyl (C=O) groups excluding carboxylic acids is 2. The van der Waals surface area contributed by atoms with E-state index in [0.717, 1.165) is 11.7 Å². The van der Waals surface area contributed by atoms with Crippen molar-refractivity contribution in [2.75, 3.05) is 13.7 Å². The van der Waals surface area contributed by atoms with Crippen LogP contribution in [0, 0.1) is 17.5 Å². The molecule has 1 aromatic carbocycles. The number of alkyl halides is 3. The summed E-state index contributed by atoms with van der Waals surface area (Å²) in [5.74, 6) is -6.58. The molecule has 2 N–H and O–H groups in total. The van der Waals surface area contributed by atoms with Crippen LogP contribution in [-0.4, -0.2) is 46.0 Å². The van der Waals surface area contributed by atoms with E-state index < -0.39 is 59.1 Å². The standard InChI is InChI=1S/C20H20F6N4O3/c1-9-17-16(18(32)33-2)28-19(20(24,25)26)30(17)4-3-29(9)15(31)7-11(27)5-10-6-13(22)14(23)8-12(10)21/h6,8-9,11H,3-5,7,27H2,1-2H3/t9-,11?/m0/s1. The number of nitrogens with zero attached hydrogens (tertiary/aromatic N) is 3. The van der Waals surface area contributed by atoms with Gasteiger partial charge in [-0.1, -0.05) is 0 Å². The third-order valence-electron chi connectivity index (χ3n) is 5.40. The second-order valence-corrected chi connectivity index (χ2v) is 7.60. The summed E-state index contributed by atoms with van der Waals surface area (Å²) in [6, 6.07) is -0.934. The fourth-order valence-corrected chi connectivity index (χ4v) is 3.88. The van der Waals surface area contributed by atoms with Crippen LogP contribution in [0.3, 0.4) is 0 Å². The summed E-state index contributed by atoms with van der Waals surface area (Å²) in [4.78, 5) is 29.5. The molecule has 1 unspecified atom stereocenters. The molecule has 0 saturated carbocycles. The van der Waals surface area contributed by atoms with Crippen LogP contribution in [0.25, 0.3) is 0 Å². The molecule has 2 heterocycles. The number of methoxy groups -OCH3 is 1. The zero-order valence-corrected chi connectivity index (χ0v) is 17.5. The summed E-state index contributed by atoms with van der Waals surface area (Å²) in [6.07, 6.45) is -5.46. The molecule has 0 spiro atoms. The topological polar surface area (TPSA) is 90.5 Å². The Hall–Kier alpha value is -3.09. The highest BCUT2D eigenvalue weighted by atomic mass is 19.4. The van der Waals surface area contributed by atoms with E-state index in [1.54, 1.807) is 0 Å². The monoisotopic (exact) mass is 478 g/mol. The molecule has 1 aliphatic rings. The van der Waals surface area contributed by atoms with Crippen molar-refractivity contribution in [1.82, 2.24) is 14.5 Å². The Morgan fingerprint density at radius 1 is 1.18 bits per heavy atom. The third-order valence-corrected chi connectivity index (χ3v) is 5.40. The molecule has 0 radical (unpaired) electrons. The quantitative estimate of drug-likeness (QED) is 0.406. The van der Waals surface area contributed by atoms with Gasteiger partial charge in [-0.05, 0) is 25.0 Å². The molecule has 0 fully saturated rings. The van der Waals surface area contributed by atoms with Crippen LogP contribution in [0.4, 0.5) is 26.3 Å². The highest BCUT2D eigenvalue weighted by molar-refractivity contribution is 5.89. The number of hydrogen-bond acceptors (Lipinski definition) is 5. The predicted octanol–water partition coefficient (Wildman–Crippen LogP) is 2.97. The van der Waals surface area contributed by atoms with Crippen LogP contribution in [0.15, 0.2) is 12.1 Å². The first-order valence-electron chi connectivity index (χ1n) is 9.79. The van der Waals surface area contributed by atoms with E-state index in [4.69, 9.17) is 5.73 Å². The van der Waals surface area contributed by atoms with E-state index in [9.17, 15) is 35.9 Å². The molecule has 0 bridgehead atoms. The highest BCUT2D eigenvalue weighted by Crippen LogP contribution is 2.36. The normalized spacial score (nSPS) is 17.0. The average Bonchev–Trinajstić information content (AvgIpc) is 3.12. The lowest BCUT2D eigenvalue weighted by atomic mass is 10.0. The number of rotatable bonds is 5. The van der Waals surface area contributed by atoms with Crippen LogP contribution < -0.4 is 5.73 Å². The van der Waals surface area contributed by atoms with Gasteiger partial charge in [-0.2, -0.15) is 13.2 Å². The average molecular weight is 478 g/mol. The number of hydrogen-bond donors (Lipinski definition) is 1. The minimum absolute atomic E-state index is 0.126. The van der Waals surface area contributed by atoms with Gasteiger partial charge in [0.1, 0.15) is 5.82 Å². The van der Waals surface area contributed by atoms with Gasteiger partial charge in [-0.3, -0.25) is 4.79 Å². The Morgan fingerprint density at radius 2 is 1.82 bits per heavy atom. The van der Waals surface area contributed by atoms with Gasteiger partial charge in [0.2, 0.25) is 11.7 Å². The number of ether oxygens (including phenoxy) is 1. The molecule has 1 amide bonds. The number of carbonyl (C=O) groups is 2. The first kappa shape index (κ1) is 24.6. The zero-order valence-electron chi connectivity index (χ0n) is 17.5. The van der Waals surface area contributed by atoms with Crippen molar-refractivity contribution in [3.8, 4) is 0 Å². The number of aromatic nitrogens is 2. The zero-order chi connectivity index (χ0) is 24.7. The van der Waals surface area contributed by atoms with Crippen molar-refractivity contribution in [1.29, 1.82) is 0 Å². The molecule has 33 heavy (non-hydrogen) atoms. The third kappa shape index (κ3) is 4.82. The van der Waals surface area contributed by atoms with E-state index in [-0.39, 0.29) is 37.2 Å². The fraction of sp³-hybridized carbons (Fsp3) is 0.450. The van der Waals surface area contributed by atoms with E-state index in [1.807, 2.05) is 0 Å². The molecule has 180 valence electrons. The molecule has 13 heteroatoms. The van der Waals surface area contributed by atoms with E-state index in [2.05, 4.69) is 9.72 Å². The van der Waals surface area contributed by atoms with E-state index >= 15 is 0 Å². The minimum Gasteiger partial charge on any atom is -0.464 e. The molecule has 2 aromatic rings. The smallest absolute Gasteiger partial charge is 0.449 e. The number of amides is 1. The maximum absolute atomic E-state index is 13.9. The first-order chi connectivity index (χ1) is 15.3. The first-order valence-corrected chi connectivity index (χ1v) is 9.79. The summed E-state index contributed by atoms with van der Waals surface area (Å²) in [7, 11) is 0.994.